The minimum Gasteiger partial charge on any atom is -0.309 e. The van der Waals surface area contributed by atoms with Gasteiger partial charge in [-0.3, -0.25) is 4.57 Å². The number of rotatable bonds is 4. The minimum atomic E-state index is 0.368. The van der Waals surface area contributed by atoms with Crippen LogP contribution < -0.4 is 0 Å². The molecule has 0 aliphatic heterocycles. The smallest absolute Gasteiger partial charge is 0.236 e. The molecular formula is C45H27N5. The molecule has 3 heterocycles. The number of fused-ring (bicyclic) bond motifs is 7. The Morgan fingerprint density at radius 1 is 0.400 bits per heavy atom. The average molecular weight is 638 g/mol. The van der Waals surface area contributed by atoms with Gasteiger partial charge in [-0.05, 0) is 82.9 Å². The van der Waals surface area contributed by atoms with Crippen LogP contribution in [0.25, 0.3) is 88.4 Å². The lowest BCUT2D eigenvalue weighted by molar-refractivity contribution is 1.00. The summed E-state index contributed by atoms with van der Waals surface area (Å²) in [5.74, 6) is 0.491. The van der Waals surface area contributed by atoms with Crippen molar-refractivity contribution in [1.29, 1.82) is 5.26 Å². The van der Waals surface area contributed by atoms with Crippen molar-refractivity contribution in [3.8, 4) is 40.0 Å². The third-order valence-corrected chi connectivity index (χ3v) is 9.79. The third-order valence-electron chi connectivity index (χ3n) is 9.79. The molecule has 0 saturated carbocycles. The Morgan fingerprint density at radius 2 is 0.940 bits per heavy atom. The van der Waals surface area contributed by atoms with Gasteiger partial charge in [-0.25, -0.2) is 9.97 Å². The summed E-state index contributed by atoms with van der Waals surface area (Å²) in [6.07, 6.45) is 0. The molecule has 0 radical (unpaired) electrons. The molecule has 0 spiro atoms. The first kappa shape index (κ1) is 28.0. The quantitative estimate of drug-likeness (QED) is 0.193. The molecule has 5 nitrogen and oxygen atoms in total. The summed E-state index contributed by atoms with van der Waals surface area (Å²) in [5, 5.41) is 15.4. The van der Waals surface area contributed by atoms with Gasteiger partial charge >= 0.3 is 0 Å². The first-order valence-electron chi connectivity index (χ1n) is 16.6. The van der Waals surface area contributed by atoms with Gasteiger partial charge in [0.25, 0.3) is 0 Å². The van der Waals surface area contributed by atoms with Crippen molar-refractivity contribution in [1.82, 2.24) is 19.1 Å². The summed E-state index contributed by atoms with van der Waals surface area (Å²) >= 11 is 0. The normalized spacial score (nSPS) is 11.6. The van der Waals surface area contributed by atoms with Crippen molar-refractivity contribution in [2.75, 3.05) is 0 Å². The second-order valence-corrected chi connectivity index (χ2v) is 12.6. The molecule has 10 aromatic rings. The SMILES string of the molecule is N#Cc1nc(-n2c3ccccc3c3cc(-c4ccc5c(c4)c4ccccc4n5-c4cccc(-c5ccccc5)c4)ccc32)nc2ccccc12. The highest BCUT2D eigenvalue weighted by molar-refractivity contribution is 6.12. The van der Waals surface area contributed by atoms with E-state index < -0.39 is 0 Å². The first-order chi connectivity index (χ1) is 24.7. The first-order valence-corrected chi connectivity index (χ1v) is 16.6. The topological polar surface area (TPSA) is 59.4 Å². The van der Waals surface area contributed by atoms with Gasteiger partial charge in [0, 0.05) is 32.6 Å². The highest BCUT2D eigenvalue weighted by atomic mass is 15.2. The van der Waals surface area contributed by atoms with Crippen LogP contribution in [0.4, 0.5) is 0 Å². The zero-order chi connectivity index (χ0) is 33.2. The number of hydrogen-bond acceptors (Lipinski definition) is 3. The lowest BCUT2D eigenvalue weighted by Gasteiger charge is -2.11. The Labute approximate surface area is 287 Å². The van der Waals surface area contributed by atoms with Gasteiger partial charge in [0.05, 0.1) is 27.6 Å². The number of nitriles is 1. The predicted molar refractivity (Wildman–Crippen MR) is 204 cm³/mol. The number of nitrogens with zero attached hydrogens (tertiary/aromatic N) is 5. The largest absolute Gasteiger partial charge is 0.309 e. The van der Waals surface area contributed by atoms with E-state index in [1.165, 1.54) is 32.9 Å². The number of para-hydroxylation sites is 3. The maximum Gasteiger partial charge on any atom is 0.236 e. The van der Waals surface area contributed by atoms with E-state index in [4.69, 9.17) is 9.97 Å². The minimum absolute atomic E-state index is 0.368. The van der Waals surface area contributed by atoms with Crippen molar-refractivity contribution in [2.24, 2.45) is 0 Å². The zero-order valence-corrected chi connectivity index (χ0v) is 26.8. The predicted octanol–water partition coefficient (Wildman–Crippen LogP) is 11.0. The van der Waals surface area contributed by atoms with E-state index in [0.717, 1.165) is 49.5 Å². The van der Waals surface area contributed by atoms with Crippen LogP contribution in [-0.2, 0) is 0 Å². The Bertz CT molecular complexity index is 3000. The van der Waals surface area contributed by atoms with Crippen LogP contribution in [-0.4, -0.2) is 19.1 Å². The van der Waals surface area contributed by atoms with Crippen molar-refractivity contribution in [2.45, 2.75) is 0 Å². The molecule has 7 aromatic carbocycles. The second-order valence-electron chi connectivity index (χ2n) is 12.6. The van der Waals surface area contributed by atoms with Crippen LogP contribution in [0, 0.1) is 11.3 Å². The second kappa shape index (κ2) is 11.0. The summed E-state index contributed by atoms with van der Waals surface area (Å²) < 4.78 is 4.44. The summed E-state index contributed by atoms with van der Waals surface area (Å²) in [7, 11) is 0. The van der Waals surface area contributed by atoms with E-state index in [1.54, 1.807) is 0 Å². The standard InChI is InChI=1S/C45H27N5/c46-28-40-36-17-4-7-18-39(36)47-45(48-40)50-42-20-9-6-16-35(42)38-27-32(22-24-44(38)50)31-21-23-43-37(26-31)34-15-5-8-19-41(34)49(43)33-14-10-13-30(25-33)29-11-2-1-3-12-29/h1-27H. The summed E-state index contributed by atoms with van der Waals surface area (Å²) in [4.78, 5) is 9.66. The molecule has 50 heavy (non-hydrogen) atoms. The van der Waals surface area contributed by atoms with Gasteiger partial charge < -0.3 is 4.57 Å². The molecule has 3 aromatic heterocycles. The van der Waals surface area contributed by atoms with Crippen molar-refractivity contribution in [3.63, 3.8) is 0 Å². The molecular weight excluding hydrogens is 611 g/mol. The van der Waals surface area contributed by atoms with Gasteiger partial charge in [-0.1, -0.05) is 103 Å². The molecule has 0 aliphatic rings. The molecule has 0 amide bonds. The summed E-state index contributed by atoms with van der Waals surface area (Å²) in [6.45, 7) is 0. The van der Waals surface area contributed by atoms with Crippen LogP contribution in [0.3, 0.4) is 0 Å². The molecule has 0 fully saturated rings. The van der Waals surface area contributed by atoms with Gasteiger partial charge in [0.1, 0.15) is 6.07 Å². The van der Waals surface area contributed by atoms with Crippen LogP contribution in [0.1, 0.15) is 5.69 Å². The average Bonchev–Trinajstić information content (AvgIpc) is 3.70. The van der Waals surface area contributed by atoms with Crippen LogP contribution in [0.2, 0.25) is 0 Å². The lowest BCUT2D eigenvalue weighted by atomic mass is 10.0. The van der Waals surface area contributed by atoms with E-state index in [2.05, 4.69) is 149 Å². The van der Waals surface area contributed by atoms with E-state index in [-0.39, 0.29) is 0 Å². The summed E-state index contributed by atoms with van der Waals surface area (Å²) in [6, 6.07) is 59.6. The van der Waals surface area contributed by atoms with Crippen LogP contribution in [0.15, 0.2) is 164 Å². The van der Waals surface area contributed by atoms with E-state index in [1.807, 2.05) is 30.3 Å². The van der Waals surface area contributed by atoms with E-state index in [9.17, 15) is 5.26 Å². The Kier molecular flexibility index (Phi) is 6.17. The molecule has 0 N–H and O–H groups in total. The number of hydrogen-bond donors (Lipinski definition) is 0. The van der Waals surface area contributed by atoms with Gasteiger partial charge in [-0.15, -0.1) is 0 Å². The van der Waals surface area contributed by atoms with E-state index >= 15 is 0 Å². The van der Waals surface area contributed by atoms with Crippen molar-refractivity contribution < 1.29 is 0 Å². The lowest BCUT2D eigenvalue weighted by Crippen LogP contribution is -2.03. The Balaban J connectivity index is 1.15. The molecule has 0 unspecified atom stereocenters. The molecule has 0 atom stereocenters. The highest BCUT2D eigenvalue weighted by Gasteiger charge is 2.18. The van der Waals surface area contributed by atoms with Gasteiger partial charge in [0.15, 0.2) is 5.69 Å². The van der Waals surface area contributed by atoms with Gasteiger partial charge in [-0.2, -0.15) is 5.26 Å². The Hall–Kier alpha value is -7.03. The van der Waals surface area contributed by atoms with Crippen LogP contribution >= 0.6 is 0 Å². The zero-order valence-electron chi connectivity index (χ0n) is 26.8. The monoisotopic (exact) mass is 637 g/mol. The highest BCUT2D eigenvalue weighted by Crippen LogP contribution is 2.38. The molecule has 0 saturated heterocycles. The van der Waals surface area contributed by atoms with Crippen LogP contribution in [0.5, 0.6) is 0 Å². The molecule has 232 valence electrons. The van der Waals surface area contributed by atoms with E-state index in [0.29, 0.717) is 11.6 Å². The molecule has 10 rings (SSSR count). The number of aromatic nitrogens is 4. The maximum absolute atomic E-state index is 9.96. The molecule has 0 bridgehead atoms. The fraction of sp³-hybridized carbons (Fsp3) is 0. The van der Waals surface area contributed by atoms with Gasteiger partial charge in [0.2, 0.25) is 5.95 Å². The Morgan fingerprint density at radius 3 is 1.64 bits per heavy atom. The fourth-order valence-electron chi connectivity index (χ4n) is 7.50. The maximum atomic E-state index is 9.96. The summed E-state index contributed by atoms with van der Waals surface area (Å²) in [5.41, 5.74) is 11.2. The molecule has 5 heteroatoms. The fourth-order valence-corrected chi connectivity index (χ4v) is 7.50. The number of benzene rings is 7. The third kappa shape index (κ3) is 4.26. The van der Waals surface area contributed by atoms with Crippen molar-refractivity contribution >= 4 is 54.5 Å². The molecule has 0 aliphatic carbocycles. The van der Waals surface area contributed by atoms with Crippen molar-refractivity contribution in [3.05, 3.63) is 169 Å².